The summed E-state index contributed by atoms with van der Waals surface area (Å²) >= 11 is 1.48. The fourth-order valence-electron chi connectivity index (χ4n) is 0.657. The lowest BCUT2D eigenvalue weighted by Crippen LogP contribution is -1.95. The van der Waals surface area contributed by atoms with Crippen LogP contribution in [0.5, 0.6) is 0 Å². The van der Waals surface area contributed by atoms with Crippen LogP contribution in [0.3, 0.4) is 0 Å². The Bertz CT molecular complexity index is 224. The van der Waals surface area contributed by atoms with Crippen molar-refractivity contribution in [2.75, 3.05) is 6.54 Å². The van der Waals surface area contributed by atoms with Crippen molar-refractivity contribution < 1.29 is 5.11 Å². The first kappa shape index (κ1) is 7.26. The normalized spacial score (nSPS) is 12.4. The molecule has 52 valence electrons. The van der Waals surface area contributed by atoms with Gasteiger partial charge in [-0.3, -0.25) is 0 Å². The fraction of sp³-hybridized carbons (Fsp3) is 0.286. The van der Waals surface area contributed by atoms with E-state index in [2.05, 4.69) is 4.85 Å². The zero-order valence-corrected chi connectivity index (χ0v) is 6.14. The highest BCUT2D eigenvalue weighted by molar-refractivity contribution is 7.10. The number of aliphatic hydroxyl groups is 1. The van der Waals surface area contributed by atoms with Crippen molar-refractivity contribution >= 4 is 11.3 Å². The predicted molar refractivity (Wildman–Crippen MR) is 40.7 cm³/mol. The molecule has 1 aromatic rings. The first-order valence-electron chi connectivity index (χ1n) is 2.89. The number of hydrogen-bond donors (Lipinski definition) is 1. The second-order valence-corrected chi connectivity index (χ2v) is 2.85. The van der Waals surface area contributed by atoms with E-state index in [1.165, 1.54) is 11.3 Å². The Morgan fingerprint density at radius 3 is 3.10 bits per heavy atom. The average molecular weight is 153 g/mol. The highest BCUT2D eigenvalue weighted by Crippen LogP contribution is 2.18. The van der Waals surface area contributed by atoms with E-state index < -0.39 is 6.10 Å². The predicted octanol–water partition coefficient (Wildman–Crippen LogP) is 1.70. The molecule has 0 saturated heterocycles. The summed E-state index contributed by atoms with van der Waals surface area (Å²) in [4.78, 5) is 3.97. The van der Waals surface area contributed by atoms with Crippen molar-refractivity contribution in [3.8, 4) is 0 Å². The number of rotatable bonds is 2. The molecule has 0 spiro atoms. The Labute approximate surface area is 63.6 Å². The fourth-order valence-corrected chi connectivity index (χ4v) is 1.36. The molecule has 0 aliphatic carbocycles. The molecule has 0 fully saturated rings. The van der Waals surface area contributed by atoms with Gasteiger partial charge in [0.15, 0.2) is 6.10 Å². The van der Waals surface area contributed by atoms with Crippen molar-refractivity contribution in [3.05, 3.63) is 33.8 Å². The maximum Gasteiger partial charge on any atom is 0.245 e. The lowest BCUT2D eigenvalue weighted by atomic mass is 10.3. The van der Waals surface area contributed by atoms with Gasteiger partial charge in [0.2, 0.25) is 6.54 Å². The number of hydrogen-bond acceptors (Lipinski definition) is 2. The average Bonchev–Trinajstić information content (AvgIpc) is 2.38. The van der Waals surface area contributed by atoms with Crippen molar-refractivity contribution in [2.24, 2.45) is 0 Å². The van der Waals surface area contributed by atoms with Crippen LogP contribution in [0.15, 0.2) is 17.5 Å². The van der Waals surface area contributed by atoms with Gasteiger partial charge in [0.05, 0.1) is 0 Å². The van der Waals surface area contributed by atoms with Crippen LogP contribution in [0, 0.1) is 6.57 Å². The number of thiophene rings is 1. The largest absolute Gasteiger partial charge is 0.380 e. The van der Waals surface area contributed by atoms with Crippen LogP contribution < -0.4 is 0 Å². The summed E-state index contributed by atoms with van der Waals surface area (Å²) in [5.41, 5.74) is 0. The molecule has 2 nitrogen and oxygen atoms in total. The Hall–Kier alpha value is -0.850. The molecule has 0 amide bonds. The third-order valence-corrected chi connectivity index (χ3v) is 2.11. The minimum Gasteiger partial charge on any atom is -0.380 e. The standard InChI is InChI=1S/C7H7NOS/c1-8-5-6(9)7-3-2-4-10-7/h2-4,6,9H,5H2. The molecule has 0 bridgehead atoms. The zero-order valence-electron chi connectivity index (χ0n) is 5.32. The van der Waals surface area contributed by atoms with E-state index in [9.17, 15) is 5.11 Å². The molecule has 3 heteroatoms. The monoisotopic (exact) mass is 153 g/mol. The molecular formula is C7H7NOS. The second kappa shape index (κ2) is 3.35. The van der Waals surface area contributed by atoms with Crippen LogP contribution in [0.1, 0.15) is 11.0 Å². The third-order valence-electron chi connectivity index (χ3n) is 1.14. The van der Waals surface area contributed by atoms with Crippen LogP contribution >= 0.6 is 11.3 Å². The van der Waals surface area contributed by atoms with Gasteiger partial charge in [-0.15, -0.1) is 11.3 Å². The minimum atomic E-state index is -0.586. The quantitative estimate of drug-likeness (QED) is 0.642. The summed E-state index contributed by atoms with van der Waals surface area (Å²) < 4.78 is 0. The van der Waals surface area contributed by atoms with Crippen molar-refractivity contribution in [3.63, 3.8) is 0 Å². The van der Waals surface area contributed by atoms with Crippen LogP contribution in [-0.4, -0.2) is 11.7 Å². The third kappa shape index (κ3) is 1.56. The maximum absolute atomic E-state index is 9.21. The molecule has 10 heavy (non-hydrogen) atoms. The molecular weight excluding hydrogens is 146 g/mol. The molecule has 1 rings (SSSR count). The molecule has 1 N–H and O–H groups in total. The van der Waals surface area contributed by atoms with Crippen LogP contribution in [0.25, 0.3) is 4.85 Å². The Kier molecular flexibility index (Phi) is 2.43. The topological polar surface area (TPSA) is 24.6 Å². The summed E-state index contributed by atoms with van der Waals surface area (Å²) in [7, 11) is 0. The first-order valence-corrected chi connectivity index (χ1v) is 3.77. The molecule has 1 heterocycles. The zero-order chi connectivity index (χ0) is 7.40. The van der Waals surface area contributed by atoms with Gasteiger partial charge < -0.3 is 9.95 Å². The smallest absolute Gasteiger partial charge is 0.245 e. The highest BCUT2D eigenvalue weighted by Gasteiger charge is 2.09. The van der Waals surface area contributed by atoms with E-state index in [0.29, 0.717) is 0 Å². The van der Waals surface area contributed by atoms with Crippen molar-refractivity contribution in [1.29, 1.82) is 0 Å². The summed E-state index contributed by atoms with van der Waals surface area (Å²) in [6, 6.07) is 3.70. The summed E-state index contributed by atoms with van der Waals surface area (Å²) in [5, 5.41) is 11.1. The summed E-state index contributed by atoms with van der Waals surface area (Å²) in [6.07, 6.45) is -0.586. The molecule has 0 aromatic carbocycles. The van der Waals surface area contributed by atoms with E-state index in [4.69, 9.17) is 6.57 Å². The van der Waals surface area contributed by atoms with Crippen molar-refractivity contribution in [1.82, 2.24) is 0 Å². The van der Waals surface area contributed by atoms with E-state index in [1.54, 1.807) is 0 Å². The van der Waals surface area contributed by atoms with E-state index >= 15 is 0 Å². The van der Waals surface area contributed by atoms with Gasteiger partial charge in [-0.1, -0.05) is 6.07 Å². The first-order chi connectivity index (χ1) is 4.84. The van der Waals surface area contributed by atoms with Crippen molar-refractivity contribution in [2.45, 2.75) is 6.10 Å². The summed E-state index contributed by atoms with van der Waals surface area (Å²) in [6.45, 7) is 6.67. The molecule has 1 aromatic heterocycles. The van der Waals surface area contributed by atoms with Gasteiger partial charge in [0.25, 0.3) is 0 Å². The Morgan fingerprint density at radius 2 is 2.60 bits per heavy atom. The molecule has 1 unspecified atom stereocenters. The number of nitrogens with zero attached hydrogens (tertiary/aromatic N) is 1. The highest BCUT2D eigenvalue weighted by atomic mass is 32.1. The molecule has 0 aliphatic heterocycles. The lowest BCUT2D eigenvalue weighted by molar-refractivity contribution is 0.199. The lowest BCUT2D eigenvalue weighted by Gasteiger charge is -1.97. The van der Waals surface area contributed by atoms with Gasteiger partial charge in [-0.05, 0) is 11.4 Å². The molecule has 1 atom stereocenters. The van der Waals surface area contributed by atoms with Gasteiger partial charge in [0.1, 0.15) is 0 Å². The Balaban J connectivity index is 2.61. The minimum absolute atomic E-state index is 0.167. The molecule has 0 aliphatic rings. The van der Waals surface area contributed by atoms with Gasteiger partial charge >= 0.3 is 0 Å². The van der Waals surface area contributed by atoms with Gasteiger partial charge in [0, 0.05) is 4.88 Å². The maximum atomic E-state index is 9.21. The van der Waals surface area contributed by atoms with Crippen LogP contribution in [0.2, 0.25) is 0 Å². The van der Waals surface area contributed by atoms with Gasteiger partial charge in [-0.25, -0.2) is 6.57 Å². The molecule has 0 saturated carbocycles. The SMILES string of the molecule is [C-]#[N+]CC(O)c1cccs1. The van der Waals surface area contributed by atoms with E-state index in [-0.39, 0.29) is 6.54 Å². The summed E-state index contributed by atoms with van der Waals surface area (Å²) in [5.74, 6) is 0. The van der Waals surface area contributed by atoms with E-state index in [1.807, 2.05) is 17.5 Å². The van der Waals surface area contributed by atoms with Crippen LogP contribution in [0.4, 0.5) is 0 Å². The molecule has 0 radical (unpaired) electrons. The second-order valence-electron chi connectivity index (χ2n) is 1.87. The van der Waals surface area contributed by atoms with E-state index in [0.717, 1.165) is 4.88 Å². The van der Waals surface area contributed by atoms with Gasteiger partial charge in [-0.2, -0.15) is 0 Å². The van der Waals surface area contributed by atoms with Crippen LogP contribution in [-0.2, 0) is 0 Å². The number of aliphatic hydroxyl groups excluding tert-OH is 1. The Morgan fingerprint density at radius 1 is 1.80 bits per heavy atom.